The summed E-state index contributed by atoms with van der Waals surface area (Å²) < 4.78 is 27.4. The van der Waals surface area contributed by atoms with Crippen LogP contribution in [0.15, 0.2) is 29.0 Å². The van der Waals surface area contributed by atoms with Gasteiger partial charge >= 0.3 is 0 Å². The first kappa shape index (κ1) is 11.2. The first-order chi connectivity index (χ1) is 7.59. The van der Waals surface area contributed by atoms with Gasteiger partial charge in [0.2, 0.25) is 0 Å². The maximum absolute atomic E-state index is 13.7. The first-order valence-electron chi connectivity index (χ1n) is 4.79. The van der Waals surface area contributed by atoms with E-state index in [1.807, 2.05) is 0 Å². The van der Waals surface area contributed by atoms with Crippen molar-refractivity contribution in [2.75, 3.05) is 0 Å². The topological polar surface area (TPSA) is 20.2 Å². The lowest BCUT2D eigenvalue weighted by Gasteiger charge is -2.08. The van der Waals surface area contributed by atoms with E-state index in [2.05, 4.69) is 0 Å². The van der Waals surface area contributed by atoms with E-state index >= 15 is 0 Å². The Kier molecular flexibility index (Phi) is 3.03. The average molecular weight is 240 g/mol. The molecule has 0 amide bonds. The Bertz CT molecular complexity index is 469. The van der Waals surface area contributed by atoms with Crippen molar-refractivity contribution < 1.29 is 13.9 Å². The molecule has 0 saturated heterocycles. The van der Waals surface area contributed by atoms with Crippen LogP contribution >= 0.6 is 11.3 Å². The van der Waals surface area contributed by atoms with Gasteiger partial charge in [-0.1, -0.05) is 0 Å². The largest absolute Gasteiger partial charge is 0.389 e. The van der Waals surface area contributed by atoms with Crippen molar-refractivity contribution in [1.29, 1.82) is 0 Å². The number of halogens is 2. The Morgan fingerprint density at radius 1 is 1.25 bits per heavy atom. The van der Waals surface area contributed by atoms with Gasteiger partial charge < -0.3 is 5.11 Å². The number of aliphatic hydroxyl groups is 1. The summed E-state index contributed by atoms with van der Waals surface area (Å²) in [6.45, 7) is 1.47. The third kappa shape index (κ3) is 1.99. The lowest BCUT2D eigenvalue weighted by Crippen LogP contribution is -1.97. The number of aliphatic hydroxyl groups excluding tert-OH is 1. The molecule has 1 aromatic heterocycles. The van der Waals surface area contributed by atoms with Crippen molar-refractivity contribution in [3.8, 4) is 11.1 Å². The van der Waals surface area contributed by atoms with E-state index in [4.69, 9.17) is 0 Å². The summed E-state index contributed by atoms with van der Waals surface area (Å²) in [6.07, 6.45) is -0.875. The fourth-order valence-electron chi connectivity index (χ4n) is 1.52. The Hall–Kier alpha value is -1.26. The van der Waals surface area contributed by atoms with Gasteiger partial charge in [0.1, 0.15) is 11.6 Å². The summed E-state index contributed by atoms with van der Waals surface area (Å²) in [5, 5.41) is 12.7. The molecule has 2 rings (SSSR count). The Morgan fingerprint density at radius 2 is 1.88 bits per heavy atom. The summed E-state index contributed by atoms with van der Waals surface area (Å²) in [4.78, 5) is 0. The van der Waals surface area contributed by atoms with Crippen molar-refractivity contribution >= 4 is 11.3 Å². The highest BCUT2D eigenvalue weighted by Crippen LogP contribution is 2.30. The van der Waals surface area contributed by atoms with Gasteiger partial charge in [0, 0.05) is 0 Å². The number of rotatable bonds is 2. The zero-order chi connectivity index (χ0) is 11.7. The Labute approximate surface area is 96.0 Å². The Morgan fingerprint density at radius 3 is 2.31 bits per heavy atom. The summed E-state index contributed by atoms with van der Waals surface area (Å²) in [7, 11) is 0. The first-order valence-corrected chi connectivity index (χ1v) is 5.73. The molecular formula is C12H10F2OS. The van der Waals surface area contributed by atoms with E-state index in [0.717, 1.165) is 0 Å². The normalized spacial score (nSPS) is 12.8. The van der Waals surface area contributed by atoms with Gasteiger partial charge in [-0.3, -0.25) is 0 Å². The molecule has 0 fully saturated rings. The Balaban J connectivity index is 2.56. The fraction of sp³-hybridized carbons (Fsp3) is 0.167. The molecule has 0 bridgehead atoms. The molecule has 0 saturated carbocycles. The predicted molar refractivity (Wildman–Crippen MR) is 60.3 cm³/mol. The minimum atomic E-state index is -0.875. The molecule has 4 heteroatoms. The molecule has 0 spiro atoms. The van der Waals surface area contributed by atoms with Crippen molar-refractivity contribution in [2.24, 2.45) is 0 Å². The van der Waals surface area contributed by atoms with Crippen LogP contribution in [0.5, 0.6) is 0 Å². The van der Waals surface area contributed by atoms with Crippen LogP contribution in [0.2, 0.25) is 0 Å². The maximum Gasteiger partial charge on any atom is 0.134 e. The molecule has 1 atom stereocenters. The van der Waals surface area contributed by atoms with Crippen LogP contribution in [0.25, 0.3) is 11.1 Å². The summed E-state index contributed by atoms with van der Waals surface area (Å²) in [5.41, 5.74) is 0.733. The highest BCUT2D eigenvalue weighted by Gasteiger charge is 2.15. The summed E-state index contributed by atoms with van der Waals surface area (Å²) in [5.74, 6) is -1.29. The van der Waals surface area contributed by atoms with Gasteiger partial charge in [-0.2, -0.15) is 11.3 Å². The lowest BCUT2D eigenvalue weighted by molar-refractivity contribution is 0.198. The number of hydrogen-bond donors (Lipinski definition) is 1. The summed E-state index contributed by atoms with van der Waals surface area (Å²) in [6, 6.07) is 4.00. The third-order valence-electron chi connectivity index (χ3n) is 2.36. The monoisotopic (exact) mass is 240 g/mol. The zero-order valence-corrected chi connectivity index (χ0v) is 9.39. The predicted octanol–water partition coefficient (Wildman–Crippen LogP) is 3.75. The molecule has 1 heterocycles. The molecule has 0 unspecified atom stereocenters. The van der Waals surface area contributed by atoms with Crippen LogP contribution in [-0.2, 0) is 0 Å². The standard InChI is InChI=1S/C12H10F2OS/c1-7(15)9-4-10(13)12(11(14)5-9)8-2-3-16-6-8/h2-7,15H,1H3/t7-/m1/s1. The fourth-order valence-corrected chi connectivity index (χ4v) is 2.16. The molecule has 1 N–H and O–H groups in total. The van der Waals surface area contributed by atoms with E-state index in [1.165, 1.54) is 30.4 Å². The summed E-state index contributed by atoms with van der Waals surface area (Å²) >= 11 is 1.38. The maximum atomic E-state index is 13.7. The van der Waals surface area contributed by atoms with Crippen LogP contribution in [0.4, 0.5) is 8.78 Å². The van der Waals surface area contributed by atoms with Gasteiger partial charge in [0.05, 0.1) is 11.7 Å². The second kappa shape index (κ2) is 4.31. The van der Waals surface area contributed by atoms with E-state index in [0.29, 0.717) is 5.56 Å². The van der Waals surface area contributed by atoms with Crippen molar-refractivity contribution in [2.45, 2.75) is 13.0 Å². The van der Waals surface area contributed by atoms with Crippen LogP contribution in [0, 0.1) is 11.6 Å². The van der Waals surface area contributed by atoms with Crippen molar-refractivity contribution in [3.05, 3.63) is 46.2 Å². The second-order valence-corrected chi connectivity index (χ2v) is 4.33. The number of hydrogen-bond acceptors (Lipinski definition) is 2. The van der Waals surface area contributed by atoms with Gasteiger partial charge in [0.15, 0.2) is 0 Å². The molecule has 1 nitrogen and oxygen atoms in total. The highest BCUT2D eigenvalue weighted by atomic mass is 32.1. The van der Waals surface area contributed by atoms with E-state index in [-0.39, 0.29) is 11.1 Å². The molecule has 0 radical (unpaired) electrons. The van der Waals surface area contributed by atoms with E-state index < -0.39 is 17.7 Å². The SMILES string of the molecule is C[C@@H](O)c1cc(F)c(-c2ccsc2)c(F)c1. The number of benzene rings is 1. The second-order valence-electron chi connectivity index (χ2n) is 3.55. The molecule has 0 aliphatic rings. The minimum absolute atomic E-state index is 0.0364. The smallest absolute Gasteiger partial charge is 0.134 e. The van der Waals surface area contributed by atoms with Crippen LogP contribution in [0.1, 0.15) is 18.6 Å². The average Bonchev–Trinajstić information content (AvgIpc) is 2.69. The van der Waals surface area contributed by atoms with Gasteiger partial charge in [-0.25, -0.2) is 8.78 Å². The molecule has 16 heavy (non-hydrogen) atoms. The van der Waals surface area contributed by atoms with Gasteiger partial charge in [-0.15, -0.1) is 0 Å². The molecular weight excluding hydrogens is 230 g/mol. The lowest BCUT2D eigenvalue weighted by atomic mass is 10.0. The molecule has 2 aromatic rings. The highest BCUT2D eigenvalue weighted by molar-refractivity contribution is 7.08. The van der Waals surface area contributed by atoms with Gasteiger partial charge in [0.25, 0.3) is 0 Å². The molecule has 0 aliphatic heterocycles. The zero-order valence-electron chi connectivity index (χ0n) is 8.58. The van der Waals surface area contributed by atoms with Gasteiger partial charge in [-0.05, 0) is 47.0 Å². The third-order valence-corrected chi connectivity index (χ3v) is 3.04. The van der Waals surface area contributed by atoms with Crippen molar-refractivity contribution in [3.63, 3.8) is 0 Å². The minimum Gasteiger partial charge on any atom is -0.389 e. The molecule has 1 aromatic carbocycles. The van der Waals surface area contributed by atoms with Crippen LogP contribution in [0.3, 0.4) is 0 Å². The number of thiophene rings is 1. The van der Waals surface area contributed by atoms with Crippen LogP contribution in [-0.4, -0.2) is 5.11 Å². The van der Waals surface area contributed by atoms with E-state index in [1.54, 1.807) is 16.8 Å². The molecule has 84 valence electrons. The molecule has 0 aliphatic carbocycles. The van der Waals surface area contributed by atoms with Crippen molar-refractivity contribution in [1.82, 2.24) is 0 Å². The van der Waals surface area contributed by atoms with Crippen LogP contribution < -0.4 is 0 Å². The van der Waals surface area contributed by atoms with E-state index in [9.17, 15) is 13.9 Å². The quantitative estimate of drug-likeness (QED) is 0.847.